The summed E-state index contributed by atoms with van der Waals surface area (Å²) in [7, 11) is -1.49. The molecule has 0 spiro atoms. The average Bonchev–Trinajstić information content (AvgIpc) is 2.95. The molecule has 0 bridgehead atoms. The number of para-hydroxylation sites is 1. The molecule has 2 aromatic rings. The molecule has 0 aliphatic heterocycles. The van der Waals surface area contributed by atoms with Crippen LogP contribution in [-0.2, 0) is 21.3 Å². The highest BCUT2D eigenvalue weighted by molar-refractivity contribution is 7.84. The summed E-state index contributed by atoms with van der Waals surface area (Å²) in [5.74, 6) is -1.41. The molecule has 128 valence electrons. The molecule has 7 heteroatoms. The summed E-state index contributed by atoms with van der Waals surface area (Å²) in [6, 6.07) is 10.2. The molecule has 1 aromatic heterocycles. The van der Waals surface area contributed by atoms with Crippen LogP contribution in [0.2, 0.25) is 0 Å². The summed E-state index contributed by atoms with van der Waals surface area (Å²) in [6.45, 7) is 4.06. The normalized spacial score (nSPS) is 12.1. The molecule has 2 rings (SSSR count). The van der Waals surface area contributed by atoms with Crippen molar-refractivity contribution in [3.05, 3.63) is 53.5 Å². The fourth-order valence-electron chi connectivity index (χ4n) is 2.23. The molecule has 0 radical (unpaired) electrons. The Balaban J connectivity index is 1.94. The van der Waals surface area contributed by atoms with E-state index in [1.54, 1.807) is 0 Å². The Labute approximate surface area is 142 Å². The zero-order valence-corrected chi connectivity index (χ0v) is 14.3. The van der Waals surface area contributed by atoms with E-state index >= 15 is 0 Å². The molecule has 0 aliphatic carbocycles. The lowest BCUT2D eigenvalue weighted by molar-refractivity contribution is -0.113. The summed E-state index contributed by atoms with van der Waals surface area (Å²) >= 11 is 0. The number of aromatic carboxylic acids is 1. The van der Waals surface area contributed by atoms with Gasteiger partial charge in [0, 0.05) is 16.5 Å². The van der Waals surface area contributed by atoms with Gasteiger partial charge in [0.15, 0.2) is 0 Å². The van der Waals surface area contributed by atoms with Gasteiger partial charge in [-0.05, 0) is 29.7 Å². The lowest BCUT2D eigenvalue weighted by Gasteiger charge is -2.13. The molecule has 0 saturated heterocycles. The van der Waals surface area contributed by atoms with Crippen LogP contribution in [0.15, 0.2) is 40.8 Å². The smallest absolute Gasteiger partial charge is 0.371 e. The molecule has 1 atom stereocenters. The number of carbonyl (C=O) groups excluding carboxylic acids is 1. The van der Waals surface area contributed by atoms with E-state index in [1.165, 1.54) is 12.1 Å². The summed E-state index contributed by atoms with van der Waals surface area (Å²) in [5, 5.41) is 11.6. The van der Waals surface area contributed by atoms with Crippen molar-refractivity contribution in [1.82, 2.24) is 0 Å². The average molecular weight is 349 g/mol. The quantitative estimate of drug-likeness (QED) is 0.801. The van der Waals surface area contributed by atoms with Gasteiger partial charge < -0.3 is 14.8 Å². The molecule has 24 heavy (non-hydrogen) atoms. The second-order valence-electron chi connectivity index (χ2n) is 5.59. The molecule has 0 saturated carbocycles. The van der Waals surface area contributed by atoms with Gasteiger partial charge >= 0.3 is 5.97 Å². The summed E-state index contributed by atoms with van der Waals surface area (Å²) in [6.07, 6.45) is 0. The summed E-state index contributed by atoms with van der Waals surface area (Å²) in [5.41, 5.74) is 1.72. The molecule has 0 fully saturated rings. The molecule has 2 N–H and O–H groups in total. The highest BCUT2D eigenvalue weighted by Crippen LogP contribution is 2.23. The van der Waals surface area contributed by atoms with Crippen LogP contribution >= 0.6 is 0 Å². The van der Waals surface area contributed by atoms with E-state index in [2.05, 4.69) is 5.32 Å². The van der Waals surface area contributed by atoms with Gasteiger partial charge in [-0.25, -0.2) is 4.79 Å². The SMILES string of the molecule is CC(C)c1ccccc1NC(=O)CS(=O)Cc1ccc(C(=O)O)o1. The number of rotatable bonds is 7. The highest BCUT2D eigenvalue weighted by Gasteiger charge is 2.15. The first-order valence-corrected chi connectivity index (χ1v) is 8.91. The number of carbonyl (C=O) groups is 2. The third-order valence-corrected chi connectivity index (χ3v) is 4.52. The van der Waals surface area contributed by atoms with E-state index in [4.69, 9.17) is 9.52 Å². The molecule has 1 heterocycles. The van der Waals surface area contributed by atoms with Crippen LogP contribution in [0.4, 0.5) is 5.69 Å². The number of amides is 1. The maximum Gasteiger partial charge on any atom is 0.371 e. The topological polar surface area (TPSA) is 96.6 Å². The number of nitrogens with one attached hydrogen (secondary N) is 1. The second kappa shape index (κ2) is 7.92. The minimum Gasteiger partial charge on any atom is -0.475 e. The third kappa shape index (κ3) is 4.79. The van der Waals surface area contributed by atoms with Gasteiger partial charge in [-0.2, -0.15) is 0 Å². The van der Waals surface area contributed by atoms with Crippen molar-refractivity contribution in [2.45, 2.75) is 25.5 Å². The van der Waals surface area contributed by atoms with Gasteiger partial charge in [0.2, 0.25) is 11.7 Å². The minimum atomic E-state index is -1.49. The molecule has 1 aromatic carbocycles. The van der Waals surface area contributed by atoms with Crippen molar-refractivity contribution in [1.29, 1.82) is 0 Å². The largest absolute Gasteiger partial charge is 0.475 e. The maximum atomic E-state index is 12.1. The van der Waals surface area contributed by atoms with Gasteiger partial charge in [0.1, 0.15) is 11.5 Å². The van der Waals surface area contributed by atoms with Crippen LogP contribution in [0.25, 0.3) is 0 Å². The number of carboxylic acids is 1. The van der Waals surface area contributed by atoms with Crippen LogP contribution in [0.5, 0.6) is 0 Å². The van der Waals surface area contributed by atoms with E-state index in [1.807, 2.05) is 38.1 Å². The molecule has 0 aliphatic rings. The molecule has 1 amide bonds. The van der Waals surface area contributed by atoms with Crippen LogP contribution < -0.4 is 5.32 Å². The second-order valence-corrected chi connectivity index (χ2v) is 7.05. The molecule has 1 unspecified atom stereocenters. The number of benzene rings is 1. The van der Waals surface area contributed by atoms with Crippen LogP contribution in [0.3, 0.4) is 0 Å². The standard InChI is InChI=1S/C17H19NO5S/c1-11(2)13-5-3-4-6-14(13)18-16(19)10-24(22)9-12-7-8-15(23-12)17(20)21/h3-8,11H,9-10H2,1-2H3,(H,18,19)(H,20,21). The van der Waals surface area contributed by atoms with Crippen molar-refractivity contribution in [2.75, 3.05) is 11.1 Å². The Morgan fingerprint density at radius 1 is 1.21 bits per heavy atom. The monoisotopic (exact) mass is 349 g/mol. The van der Waals surface area contributed by atoms with E-state index in [0.717, 1.165) is 5.56 Å². The zero-order chi connectivity index (χ0) is 17.7. The van der Waals surface area contributed by atoms with Crippen molar-refractivity contribution in [2.24, 2.45) is 0 Å². The molecule has 6 nitrogen and oxygen atoms in total. The Hall–Kier alpha value is -2.41. The third-order valence-electron chi connectivity index (χ3n) is 3.32. The lowest BCUT2D eigenvalue weighted by Crippen LogP contribution is -2.21. The van der Waals surface area contributed by atoms with Crippen LogP contribution in [-0.4, -0.2) is 26.9 Å². The lowest BCUT2D eigenvalue weighted by atomic mass is 10.0. The first kappa shape index (κ1) is 17.9. The van der Waals surface area contributed by atoms with Gasteiger partial charge in [0.05, 0.1) is 5.75 Å². The van der Waals surface area contributed by atoms with Crippen molar-refractivity contribution in [3.8, 4) is 0 Å². The Morgan fingerprint density at radius 3 is 2.54 bits per heavy atom. The number of carboxylic acid groups (broad SMARTS) is 1. The number of anilines is 1. The Morgan fingerprint density at radius 2 is 1.92 bits per heavy atom. The van der Waals surface area contributed by atoms with Gasteiger partial charge in [-0.15, -0.1) is 0 Å². The van der Waals surface area contributed by atoms with E-state index in [0.29, 0.717) is 5.69 Å². The minimum absolute atomic E-state index is 0.00741. The number of hydrogen-bond acceptors (Lipinski definition) is 4. The van der Waals surface area contributed by atoms with Gasteiger partial charge in [0.25, 0.3) is 0 Å². The van der Waals surface area contributed by atoms with Crippen molar-refractivity contribution >= 4 is 28.4 Å². The summed E-state index contributed by atoms with van der Waals surface area (Å²) < 4.78 is 17.1. The Kier molecular flexibility index (Phi) is 5.92. The van der Waals surface area contributed by atoms with Crippen LogP contribution in [0, 0.1) is 0 Å². The van der Waals surface area contributed by atoms with E-state index in [9.17, 15) is 13.8 Å². The summed E-state index contributed by atoms with van der Waals surface area (Å²) in [4.78, 5) is 22.8. The van der Waals surface area contributed by atoms with Crippen molar-refractivity contribution < 1.29 is 23.3 Å². The number of furan rings is 1. The van der Waals surface area contributed by atoms with Crippen molar-refractivity contribution in [3.63, 3.8) is 0 Å². The van der Waals surface area contributed by atoms with Gasteiger partial charge in [-0.3, -0.25) is 9.00 Å². The highest BCUT2D eigenvalue weighted by atomic mass is 32.2. The van der Waals surface area contributed by atoms with E-state index < -0.39 is 16.8 Å². The Bertz CT molecular complexity index is 766. The predicted octanol–water partition coefficient (Wildman–Crippen LogP) is 2.99. The zero-order valence-electron chi connectivity index (χ0n) is 13.4. The first-order valence-electron chi connectivity index (χ1n) is 7.42. The maximum absolute atomic E-state index is 12.1. The fourth-order valence-corrected chi connectivity index (χ4v) is 3.17. The van der Waals surface area contributed by atoms with Gasteiger partial charge in [-0.1, -0.05) is 32.0 Å². The fraction of sp³-hybridized carbons (Fsp3) is 0.294. The van der Waals surface area contributed by atoms with E-state index in [-0.39, 0.29) is 34.9 Å². The molecular formula is C17H19NO5S. The first-order chi connectivity index (χ1) is 11.4. The molecular weight excluding hydrogens is 330 g/mol. The number of hydrogen-bond donors (Lipinski definition) is 2. The predicted molar refractivity (Wildman–Crippen MR) is 91.5 cm³/mol. The van der Waals surface area contributed by atoms with Crippen LogP contribution in [0.1, 0.15) is 41.6 Å².